The minimum Gasteiger partial charge on any atom is -0.478 e. The molecule has 0 aromatic carbocycles. The lowest BCUT2D eigenvalue weighted by Crippen LogP contribution is -2.22. The zero-order valence-corrected chi connectivity index (χ0v) is 15.1. The highest BCUT2D eigenvalue weighted by Gasteiger charge is 2.33. The largest absolute Gasteiger partial charge is 0.478 e. The smallest absolute Gasteiger partial charge is 0.338 e. The van der Waals surface area contributed by atoms with Gasteiger partial charge < -0.3 is 10.0 Å². The topological polar surface area (TPSA) is 40.5 Å². The van der Waals surface area contributed by atoms with Gasteiger partial charge in [0.25, 0.3) is 0 Å². The van der Waals surface area contributed by atoms with Crippen molar-refractivity contribution in [2.75, 3.05) is 19.0 Å². The van der Waals surface area contributed by atoms with Crippen molar-refractivity contribution >= 4 is 22.3 Å². The first-order valence-corrected chi connectivity index (χ1v) is 8.18. The lowest BCUT2D eigenvalue weighted by atomic mass is 9.76. The Balaban J connectivity index is 0.000000921. The van der Waals surface area contributed by atoms with E-state index >= 15 is 0 Å². The molecule has 0 atom stereocenters. The van der Waals surface area contributed by atoms with Crippen molar-refractivity contribution < 1.29 is 9.90 Å². The van der Waals surface area contributed by atoms with Crippen molar-refractivity contribution in [1.29, 1.82) is 0 Å². The van der Waals surface area contributed by atoms with Crippen LogP contribution >= 0.6 is 11.3 Å². The van der Waals surface area contributed by atoms with E-state index in [1.165, 1.54) is 4.88 Å². The Morgan fingerprint density at radius 3 is 2.24 bits per heavy atom. The van der Waals surface area contributed by atoms with E-state index in [2.05, 4.69) is 27.0 Å². The van der Waals surface area contributed by atoms with E-state index in [1.54, 1.807) is 11.3 Å². The lowest BCUT2D eigenvalue weighted by Gasteiger charge is -2.29. The second-order valence-electron chi connectivity index (χ2n) is 5.72. The first kappa shape index (κ1) is 19.7. The third-order valence-electron chi connectivity index (χ3n) is 3.38. The molecule has 3 nitrogen and oxygen atoms in total. The van der Waals surface area contributed by atoms with Crippen molar-refractivity contribution in [3.63, 3.8) is 0 Å². The molecule has 1 aromatic heterocycles. The highest BCUT2D eigenvalue weighted by molar-refractivity contribution is 7.16. The summed E-state index contributed by atoms with van der Waals surface area (Å²) < 4.78 is 0. The zero-order chi connectivity index (χ0) is 16.8. The standard InChI is InChI=1S/C13H19NO2S.C2H6.C2H4/c1-13(2)6-5-9-8(7-13)10(12(15)16)11(17-9)14(3)4;2*1-2/h5-7H2,1-4H3,(H,15,16);1-2H3;1-2H2. The van der Waals surface area contributed by atoms with Crippen LogP contribution in [-0.4, -0.2) is 25.2 Å². The molecule has 0 radical (unpaired) electrons. The number of rotatable bonds is 2. The van der Waals surface area contributed by atoms with Gasteiger partial charge in [-0.05, 0) is 30.2 Å². The Morgan fingerprint density at radius 1 is 1.29 bits per heavy atom. The highest BCUT2D eigenvalue weighted by Crippen LogP contribution is 2.44. The summed E-state index contributed by atoms with van der Waals surface area (Å²) in [6.07, 6.45) is 3.04. The number of aromatic carboxylic acids is 1. The second kappa shape index (κ2) is 8.23. The van der Waals surface area contributed by atoms with Gasteiger partial charge in [0, 0.05) is 19.0 Å². The number of carbonyl (C=O) groups is 1. The van der Waals surface area contributed by atoms with Crippen LogP contribution in [0.5, 0.6) is 0 Å². The summed E-state index contributed by atoms with van der Waals surface area (Å²) in [6, 6.07) is 0. The van der Waals surface area contributed by atoms with E-state index in [9.17, 15) is 9.90 Å². The molecule has 4 heteroatoms. The Labute approximate surface area is 133 Å². The maximum atomic E-state index is 11.5. The van der Waals surface area contributed by atoms with Gasteiger partial charge in [0.05, 0.1) is 5.56 Å². The summed E-state index contributed by atoms with van der Waals surface area (Å²) in [5.41, 5.74) is 1.83. The predicted molar refractivity (Wildman–Crippen MR) is 94.0 cm³/mol. The quantitative estimate of drug-likeness (QED) is 0.793. The molecular weight excluding hydrogens is 282 g/mol. The molecule has 1 aliphatic rings. The van der Waals surface area contributed by atoms with Crippen molar-refractivity contribution in [3.05, 3.63) is 29.2 Å². The zero-order valence-electron chi connectivity index (χ0n) is 14.2. The molecule has 1 heterocycles. The van der Waals surface area contributed by atoms with Crippen LogP contribution in [0.3, 0.4) is 0 Å². The number of hydrogen-bond acceptors (Lipinski definition) is 3. The summed E-state index contributed by atoms with van der Waals surface area (Å²) in [7, 11) is 3.82. The highest BCUT2D eigenvalue weighted by atomic mass is 32.1. The van der Waals surface area contributed by atoms with Gasteiger partial charge in [-0.3, -0.25) is 0 Å². The minimum atomic E-state index is -0.788. The number of thiophene rings is 1. The molecule has 0 spiro atoms. The molecule has 0 unspecified atom stereocenters. The van der Waals surface area contributed by atoms with E-state index in [4.69, 9.17) is 0 Å². The molecule has 1 aromatic rings. The lowest BCUT2D eigenvalue weighted by molar-refractivity contribution is 0.0696. The van der Waals surface area contributed by atoms with E-state index in [-0.39, 0.29) is 5.41 Å². The maximum Gasteiger partial charge on any atom is 0.338 e. The Kier molecular flexibility index (Phi) is 7.72. The Morgan fingerprint density at radius 2 is 1.81 bits per heavy atom. The molecule has 0 fully saturated rings. The predicted octanol–water partition coefficient (Wildman–Crippen LogP) is 4.86. The third kappa shape index (κ3) is 4.60. The van der Waals surface area contributed by atoms with E-state index in [0.717, 1.165) is 29.8 Å². The molecule has 0 bridgehead atoms. The SMILES string of the molecule is C=C.CC.CN(C)c1sc2c(c1C(=O)O)CC(C)(C)CC2. The number of carboxylic acid groups (broad SMARTS) is 1. The van der Waals surface area contributed by atoms with Crippen LogP contribution in [0.25, 0.3) is 0 Å². The van der Waals surface area contributed by atoms with Gasteiger partial charge in [-0.15, -0.1) is 24.5 Å². The van der Waals surface area contributed by atoms with E-state index in [1.807, 2.05) is 32.8 Å². The van der Waals surface area contributed by atoms with Gasteiger partial charge >= 0.3 is 5.97 Å². The van der Waals surface area contributed by atoms with Crippen molar-refractivity contribution in [2.24, 2.45) is 5.41 Å². The summed E-state index contributed by atoms with van der Waals surface area (Å²) in [5.74, 6) is -0.788. The fourth-order valence-electron chi connectivity index (χ4n) is 2.44. The van der Waals surface area contributed by atoms with Crippen LogP contribution in [0, 0.1) is 5.41 Å². The number of anilines is 1. The van der Waals surface area contributed by atoms with E-state index < -0.39 is 5.97 Å². The first-order chi connectivity index (χ1) is 9.82. The summed E-state index contributed by atoms with van der Waals surface area (Å²) in [4.78, 5) is 14.6. The molecule has 0 amide bonds. The number of fused-ring (bicyclic) bond motifs is 1. The van der Waals surface area contributed by atoms with E-state index in [0.29, 0.717) is 5.56 Å². The van der Waals surface area contributed by atoms with Crippen LogP contribution < -0.4 is 4.90 Å². The molecule has 120 valence electrons. The molecule has 0 saturated heterocycles. The fraction of sp³-hybridized carbons (Fsp3) is 0.588. The number of nitrogens with zero attached hydrogens (tertiary/aromatic N) is 1. The van der Waals surface area contributed by atoms with Crippen LogP contribution in [0.15, 0.2) is 13.2 Å². The van der Waals surface area contributed by atoms with Crippen molar-refractivity contribution in [1.82, 2.24) is 0 Å². The monoisotopic (exact) mass is 311 g/mol. The second-order valence-corrected chi connectivity index (χ2v) is 6.81. The maximum absolute atomic E-state index is 11.5. The fourth-order valence-corrected chi connectivity index (χ4v) is 3.67. The van der Waals surface area contributed by atoms with Gasteiger partial charge in [-0.25, -0.2) is 4.79 Å². The van der Waals surface area contributed by atoms with Crippen LogP contribution in [0.2, 0.25) is 0 Å². The molecule has 0 aliphatic heterocycles. The van der Waals surface area contributed by atoms with Gasteiger partial charge in [0.1, 0.15) is 5.00 Å². The average Bonchev–Trinajstić information content (AvgIpc) is 2.80. The summed E-state index contributed by atoms with van der Waals surface area (Å²) in [6.45, 7) is 14.4. The summed E-state index contributed by atoms with van der Waals surface area (Å²) >= 11 is 1.64. The minimum absolute atomic E-state index is 0.224. The van der Waals surface area contributed by atoms with Gasteiger partial charge in [0.15, 0.2) is 0 Å². The van der Waals surface area contributed by atoms with Gasteiger partial charge in [-0.2, -0.15) is 0 Å². The Hall–Kier alpha value is -1.29. The molecular formula is C17H29NO2S. The van der Waals surface area contributed by atoms with Crippen LogP contribution in [0.4, 0.5) is 5.00 Å². The normalized spacial score (nSPS) is 14.8. The van der Waals surface area contributed by atoms with Crippen LogP contribution in [0.1, 0.15) is 54.9 Å². The third-order valence-corrected chi connectivity index (χ3v) is 4.84. The molecule has 1 aliphatic carbocycles. The average molecular weight is 311 g/mol. The molecule has 1 N–H and O–H groups in total. The number of aryl methyl sites for hydroxylation is 1. The van der Waals surface area contributed by atoms with Crippen molar-refractivity contribution in [3.8, 4) is 0 Å². The number of carboxylic acids is 1. The summed E-state index contributed by atoms with van der Waals surface area (Å²) in [5, 5.41) is 10.3. The Bertz CT molecular complexity index is 475. The molecule has 0 saturated carbocycles. The number of hydrogen-bond donors (Lipinski definition) is 1. The van der Waals surface area contributed by atoms with Crippen LogP contribution in [-0.2, 0) is 12.8 Å². The molecule has 2 rings (SSSR count). The first-order valence-electron chi connectivity index (χ1n) is 7.37. The van der Waals surface area contributed by atoms with Gasteiger partial charge in [-0.1, -0.05) is 27.7 Å². The van der Waals surface area contributed by atoms with Crippen molar-refractivity contribution in [2.45, 2.75) is 47.0 Å². The van der Waals surface area contributed by atoms with Gasteiger partial charge in [0.2, 0.25) is 0 Å². The molecule has 21 heavy (non-hydrogen) atoms.